The van der Waals surface area contributed by atoms with Crippen LogP contribution in [0.4, 0.5) is 5.69 Å². The molecule has 0 unspecified atom stereocenters. The van der Waals surface area contributed by atoms with Crippen molar-refractivity contribution in [2.24, 2.45) is 0 Å². The van der Waals surface area contributed by atoms with E-state index in [1.165, 1.54) is 0 Å². The highest BCUT2D eigenvalue weighted by molar-refractivity contribution is 6.30. The number of hydrogen-bond donors (Lipinski definition) is 2. The number of nitrogens with one attached hydrogen (secondary N) is 2. The Kier molecular flexibility index (Phi) is 4.53. The summed E-state index contributed by atoms with van der Waals surface area (Å²) in [6, 6.07) is 12.0. The standard InChI is InChI=1S/C18H15ClN2O3/c1-20-17(22)11-3-2-4-15(9-11)21-18(23)13-7-12-8-14(19)5-6-16(12)24-10-13/h2-9H,10H2,1H3,(H,20,22)(H,21,23). The van der Waals surface area contributed by atoms with Gasteiger partial charge in [-0.15, -0.1) is 0 Å². The smallest absolute Gasteiger partial charge is 0.255 e. The van der Waals surface area contributed by atoms with Gasteiger partial charge in [-0.25, -0.2) is 0 Å². The zero-order valence-electron chi connectivity index (χ0n) is 12.9. The van der Waals surface area contributed by atoms with Gasteiger partial charge in [0.25, 0.3) is 11.8 Å². The zero-order valence-corrected chi connectivity index (χ0v) is 13.7. The summed E-state index contributed by atoms with van der Waals surface area (Å²) in [5.74, 6) is 0.196. The summed E-state index contributed by atoms with van der Waals surface area (Å²) in [7, 11) is 1.56. The van der Waals surface area contributed by atoms with Crippen molar-refractivity contribution < 1.29 is 14.3 Å². The monoisotopic (exact) mass is 342 g/mol. The molecule has 1 aliphatic heterocycles. The number of benzene rings is 2. The summed E-state index contributed by atoms with van der Waals surface area (Å²) < 4.78 is 5.58. The van der Waals surface area contributed by atoms with Crippen molar-refractivity contribution in [1.29, 1.82) is 0 Å². The third-order valence-corrected chi connectivity index (χ3v) is 3.82. The van der Waals surface area contributed by atoms with Crippen LogP contribution in [-0.2, 0) is 4.79 Å². The molecule has 1 aliphatic rings. The van der Waals surface area contributed by atoms with Crippen LogP contribution >= 0.6 is 11.6 Å². The van der Waals surface area contributed by atoms with Crippen LogP contribution in [0.15, 0.2) is 48.0 Å². The topological polar surface area (TPSA) is 67.4 Å². The number of amides is 2. The second-order valence-electron chi connectivity index (χ2n) is 5.25. The van der Waals surface area contributed by atoms with Crippen molar-refractivity contribution >= 4 is 35.2 Å². The van der Waals surface area contributed by atoms with Crippen LogP contribution < -0.4 is 15.4 Å². The number of halogens is 1. The molecule has 5 nitrogen and oxygen atoms in total. The van der Waals surface area contributed by atoms with Gasteiger partial charge in [0.15, 0.2) is 0 Å². The average molecular weight is 343 g/mol. The van der Waals surface area contributed by atoms with Gasteiger partial charge < -0.3 is 15.4 Å². The van der Waals surface area contributed by atoms with Gasteiger partial charge in [-0.3, -0.25) is 9.59 Å². The van der Waals surface area contributed by atoms with Crippen molar-refractivity contribution in [2.45, 2.75) is 0 Å². The minimum atomic E-state index is -0.283. The first-order chi connectivity index (χ1) is 11.6. The highest BCUT2D eigenvalue weighted by atomic mass is 35.5. The van der Waals surface area contributed by atoms with E-state index in [4.69, 9.17) is 16.3 Å². The maximum absolute atomic E-state index is 12.4. The molecule has 2 aromatic rings. The molecule has 0 atom stereocenters. The predicted octanol–water partition coefficient (Wildman–Crippen LogP) is 3.11. The summed E-state index contributed by atoms with van der Waals surface area (Å²) in [5.41, 5.74) is 2.26. The van der Waals surface area contributed by atoms with Crippen LogP contribution in [0.1, 0.15) is 15.9 Å². The molecule has 0 aromatic heterocycles. The minimum Gasteiger partial charge on any atom is -0.488 e. The van der Waals surface area contributed by atoms with E-state index in [0.717, 1.165) is 5.56 Å². The van der Waals surface area contributed by atoms with E-state index in [1.54, 1.807) is 55.6 Å². The number of ether oxygens (including phenoxy) is 1. The molecule has 1 heterocycles. The summed E-state index contributed by atoms with van der Waals surface area (Å²) in [4.78, 5) is 24.1. The van der Waals surface area contributed by atoms with E-state index in [0.29, 0.717) is 27.6 Å². The second kappa shape index (κ2) is 6.76. The highest BCUT2D eigenvalue weighted by Gasteiger charge is 2.18. The summed E-state index contributed by atoms with van der Waals surface area (Å²) in [6.07, 6.45) is 1.75. The third kappa shape index (κ3) is 3.41. The van der Waals surface area contributed by atoms with Gasteiger partial charge in [-0.2, -0.15) is 0 Å². The van der Waals surface area contributed by atoms with Crippen molar-refractivity contribution in [3.8, 4) is 5.75 Å². The molecule has 0 spiro atoms. The molecule has 0 aliphatic carbocycles. The van der Waals surface area contributed by atoms with Crippen LogP contribution in [0.3, 0.4) is 0 Å². The number of carbonyl (C=O) groups is 2. The number of fused-ring (bicyclic) bond motifs is 1. The van der Waals surface area contributed by atoms with Crippen LogP contribution in [-0.4, -0.2) is 25.5 Å². The van der Waals surface area contributed by atoms with Gasteiger partial charge in [0.1, 0.15) is 12.4 Å². The number of hydrogen-bond acceptors (Lipinski definition) is 3. The van der Waals surface area contributed by atoms with Crippen LogP contribution in [0.5, 0.6) is 5.75 Å². The number of rotatable bonds is 3. The fourth-order valence-corrected chi connectivity index (χ4v) is 2.55. The zero-order chi connectivity index (χ0) is 17.1. The van der Waals surface area contributed by atoms with Crippen LogP contribution in [0.2, 0.25) is 5.02 Å². The summed E-state index contributed by atoms with van der Waals surface area (Å²) in [5, 5.41) is 5.90. The molecular formula is C18H15ClN2O3. The van der Waals surface area contributed by atoms with E-state index in [9.17, 15) is 9.59 Å². The molecule has 24 heavy (non-hydrogen) atoms. The van der Waals surface area contributed by atoms with Gasteiger partial charge in [0.05, 0.1) is 5.57 Å². The van der Waals surface area contributed by atoms with E-state index in [1.807, 2.05) is 0 Å². The Morgan fingerprint density at radius 3 is 2.75 bits per heavy atom. The Bertz CT molecular complexity index is 846. The fourth-order valence-electron chi connectivity index (χ4n) is 2.37. The SMILES string of the molecule is CNC(=O)c1cccc(NC(=O)C2=Cc3cc(Cl)ccc3OC2)c1. The Balaban J connectivity index is 1.80. The molecule has 2 N–H and O–H groups in total. The average Bonchev–Trinajstić information content (AvgIpc) is 2.60. The lowest BCUT2D eigenvalue weighted by Gasteiger charge is -2.18. The van der Waals surface area contributed by atoms with Crippen LogP contribution in [0, 0.1) is 0 Å². The molecule has 0 saturated carbocycles. The molecule has 0 bridgehead atoms. The Morgan fingerprint density at radius 1 is 1.12 bits per heavy atom. The Hall–Kier alpha value is -2.79. The lowest BCUT2D eigenvalue weighted by Crippen LogP contribution is -2.22. The molecule has 2 aromatic carbocycles. The van der Waals surface area contributed by atoms with Gasteiger partial charge in [-0.05, 0) is 42.5 Å². The molecule has 0 fully saturated rings. The van der Waals surface area contributed by atoms with Crippen molar-refractivity contribution in [3.05, 3.63) is 64.2 Å². The van der Waals surface area contributed by atoms with Gasteiger partial charge >= 0.3 is 0 Å². The lowest BCUT2D eigenvalue weighted by atomic mass is 10.1. The Labute approximate surface area is 144 Å². The fraction of sp³-hybridized carbons (Fsp3) is 0.111. The summed E-state index contributed by atoms with van der Waals surface area (Å²) >= 11 is 5.97. The number of anilines is 1. The first kappa shape index (κ1) is 16.1. The van der Waals surface area contributed by atoms with E-state index in [2.05, 4.69) is 10.6 Å². The molecule has 0 saturated heterocycles. The quantitative estimate of drug-likeness (QED) is 0.900. The summed E-state index contributed by atoms with van der Waals surface area (Å²) in [6.45, 7) is 0.176. The maximum Gasteiger partial charge on any atom is 0.255 e. The second-order valence-corrected chi connectivity index (χ2v) is 5.69. The molecule has 2 amide bonds. The Morgan fingerprint density at radius 2 is 1.96 bits per heavy atom. The van der Waals surface area contributed by atoms with E-state index < -0.39 is 0 Å². The van der Waals surface area contributed by atoms with E-state index >= 15 is 0 Å². The van der Waals surface area contributed by atoms with Gasteiger partial charge in [0, 0.05) is 28.9 Å². The molecule has 3 rings (SSSR count). The predicted molar refractivity (Wildman–Crippen MR) is 93.4 cm³/mol. The van der Waals surface area contributed by atoms with Crippen molar-refractivity contribution in [1.82, 2.24) is 5.32 Å². The first-order valence-electron chi connectivity index (χ1n) is 7.33. The normalized spacial score (nSPS) is 12.5. The molecule has 6 heteroatoms. The van der Waals surface area contributed by atoms with Gasteiger partial charge in [0.2, 0.25) is 0 Å². The van der Waals surface area contributed by atoms with Gasteiger partial charge in [-0.1, -0.05) is 17.7 Å². The maximum atomic E-state index is 12.4. The molecule has 0 radical (unpaired) electrons. The highest BCUT2D eigenvalue weighted by Crippen LogP contribution is 2.29. The lowest BCUT2D eigenvalue weighted by molar-refractivity contribution is -0.113. The third-order valence-electron chi connectivity index (χ3n) is 3.59. The van der Waals surface area contributed by atoms with Crippen LogP contribution in [0.25, 0.3) is 6.08 Å². The number of carbonyl (C=O) groups excluding carboxylic acids is 2. The molecular weight excluding hydrogens is 328 g/mol. The van der Waals surface area contributed by atoms with Crippen molar-refractivity contribution in [3.63, 3.8) is 0 Å². The molecule has 122 valence electrons. The first-order valence-corrected chi connectivity index (χ1v) is 7.71. The van der Waals surface area contributed by atoms with Crippen molar-refractivity contribution in [2.75, 3.05) is 19.0 Å². The minimum absolute atomic E-state index is 0.176. The largest absolute Gasteiger partial charge is 0.488 e. The van der Waals surface area contributed by atoms with E-state index in [-0.39, 0.29) is 18.4 Å².